The van der Waals surface area contributed by atoms with Crippen molar-refractivity contribution in [3.63, 3.8) is 0 Å². The SMILES string of the molecule is COCCCN(C)C(=O)c1ccc(C)c(C#CCN)c1. The largest absolute Gasteiger partial charge is 0.385 e. The second-order valence-corrected chi connectivity index (χ2v) is 4.61. The summed E-state index contributed by atoms with van der Waals surface area (Å²) in [4.78, 5) is 14.0. The summed E-state index contributed by atoms with van der Waals surface area (Å²) in [5, 5.41) is 0. The molecule has 108 valence electrons. The van der Waals surface area contributed by atoms with Gasteiger partial charge in [0.05, 0.1) is 6.54 Å². The molecule has 0 unspecified atom stereocenters. The molecule has 0 spiro atoms. The van der Waals surface area contributed by atoms with Gasteiger partial charge in [-0.25, -0.2) is 0 Å². The first-order chi connectivity index (χ1) is 9.60. The van der Waals surface area contributed by atoms with Gasteiger partial charge in [0.2, 0.25) is 0 Å². The van der Waals surface area contributed by atoms with Gasteiger partial charge in [-0.1, -0.05) is 17.9 Å². The molecule has 0 heterocycles. The minimum Gasteiger partial charge on any atom is -0.385 e. The van der Waals surface area contributed by atoms with Crippen LogP contribution in [0.15, 0.2) is 18.2 Å². The first-order valence-corrected chi connectivity index (χ1v) is 6.64. The summed E-state index contributed by atoms with van der Waals surface area (Å²) in [6.45, 7) is 3.61. The maximum Gasteiger partial charge on any atom is 0.253 e. The van der Waals surface area contributed by atoms with Crippen molar-refractivity contribution in [3.05, 3.63) is 34.9 Å². The van der Waals surface area contributed by atoms with Crippen molar-refractivity contribution in [2.45, 2.75) is 13.3 Å². The lowest BCUT2D eigenvalue weighted by molar-refractivity contribution is 0.0779. The zero-order valence-electron chi connectivity index (χ0n) is 12.4. The number of nitrogens with two attached hydrogens (primary N) is 1. The molecule has 0 saturated heterocycles. The number of carbonyl (C=O) groups is 1. The highest BCUT2D eigenvalue weighted by Crippen LogP contribution is 2.12. The van der Waals surface area contributed by atoms with Crippen LogP contribution < -0.4 is 5.73 Å². The van der Waals surface area contributed by atoms with Gasteiger partial charge in [-0.2, -0.15) is 0 Å². The monoisotopic (exact) mass is 274 g/mol. The molecule has 20 heavy (non-hydrogen) atoms. The number of methoxy groups -OCH3 is 1. The fourth-order valence-electron chi connectivity index (χ4n) is 1.80. The van der Waals surface area contributed by atoms with Crippen LogP contribution in [0.25, 0.3) is 0 Å². The Labute approximate surface area is 120 Å². The Morgan fingerprint density at radius 2 is 2.20 bits per heavy atom. The van der Waals surface area contributed by atoms with Gasteiger partial charge >= 0.3 is 0 Å². The lowest BCUT2D eigenvalue weighted by Gasteiger charge is -2.17. The number of carbonyl (C=O) groups excluding carboxylic acids is 1. The molecule has 2 N–H and O–H groups in total. The molecule has 1 aromatic carbocycles. The van der Waals surface area contributed by atoms with Crippen LogP contribution in [0.2, 0.25) is 0 Å². The van der Waals surface area contributed by atoms with E-state index in [9.17, 15) is 4.79 Å². The van der Waals surface area contributed by atoms with Gasteiger partial charge in [-0.15, -0.1) is 0 Å². The molecule has 0 aliphatic heterocycles. The Kier molecular flexibility index (Phi) is 6.78. The summed E-state index contributed by atoms with van der Waals surface area (Å²) in [6, 6.07) is 5.57. The molecule has 4 nitrogen and oxygen atoms in total. The summed E-state index contributed by atoms with van der Waals surface area (Å²) in [5.74, 6) is 5.81. The van der Waals surface area contributed by atoms with Gasteiger partial charge in [-0.3, -0.25) is 4.79 Å². The summed E-state index contributed by atoms with van der Waals surface area (Å²) in [5.41, 5.74) is 7.93. The average Bonchev–Trinajstić information content (AvgIpc) is 2.45. The number of rotatable bonds is 5. The number of benzene rings is 1. The Balaban J connectivity index is 2.82. The highest BCUT2D eigenvalue weighted by atomic mass is 16.5. The number of hydrogen-bond donors (Lipinski definition) is 1. The summed E-state index contributed by atoms with van der Waals surface area (Å²) >= 11 is 0. The third-order valence-electron chi connectivity index (χ3n) is 3.00. The highest BCUT2D eigenvalue weighted by Gasteiger charge is 2.12. The molecule has 1 amide bonds. The van der Waals surface area contributed by atoms with Gasteiger partial charge < -0.3 is 15.4 Å². The molecule has 0 atom stereocenters. The molecule has 1 rings (SSSR count). The van der Waals surface area contributed by atoms with E-state index in [0.717, 1.165) is 17.5 Å². The van der Waals surface area contributed by atoms with E-state index in [0.29, 0.717) is 25.3 Å². The van der Waals surface area contributed by atoms with E-state index < -0.39 is 0 Å². The second-order valence-electron chi connectivity index (χ2n) is 4.61. The Morgan fingerprint density at radius 1 is 1.45 bits per heavy atom. The second kappa shape index (κ2) is 8.36. The van der Waals surface area contributed by atoms with Crippen LogP contribution in [0, 0.1) is 18.8 Å². The van der Waals surface area contributed by atoms with Gasteiger partial charge in [0.15, 0.2) is 0 Å². The topological polar surface area (TPSA) is 55.6 Å². The van der Waals surface area contributed by atoms with Crippen LogP contribution in [0.1, 0.15) is 27.9 Å². The zero-order chi connectivity index (χ0) is 15.0. The van der Waals surface area contributed by atoms with Crippen molar-refractivity contribution in [1.82, 2.24) is 4.90 Å². The highest BCUT2D eigenvalue weighted by molar-refractivity contribution is 5.94. The third kappa shape index (κ3) is 4.69. The molecule has 0 aliphatic carbocycles. The predicted octanol–water partition coefficient (Wildman–Crippen LogP) is 1.41. The van der Waals surface area contributed by atoms with Crippen molar-refractivity contribution < 1.29 is 9.53 Å². The van der Waals surface area contributed by atoms with Crippen molar-refractivity contribution in [3.8, 4) is 11.8 Å². The van der Waals surface area contributed by atoms with E-state index in [4.69, 9.17) is 10.5 Å². The fraction of sp³-hybridized carbons (Fsp3) is 0.438. The number of amides is 1. The Hall–Kier alpha value is -1.83. The van der Waals surface area contributed by atoms with Gasteiger partial charge in [0.25, 0.3) is 5.91 Å². The quantitative estimate of drug-likeness (QED) is 0.652. The van der Waals surface area contributed by atoms with Crippen LogP contribution in [0.3, 0.4) is 0 Å². The van der Waals surface area contributed by atoms with E-state index in [1.165, 1.54) is 0 Å². The molecule has 0 bridgehead atoms. The van der Waals surface area contributed by atoms with Gasteiger partial charge in [-0.05, 0) is 31.0 Å². The van der Waals surface area contributed by atoms with Crippen LogP contribution >= 0.6 is 0 Å². The smallest absolute Gasteiger partial charge is 0.253 e. The molecule has 0 radical (unpaired) electrons. The normalized spacial score (nSPS) is 9.80. The molecular weight excluding hydrogens is 252 g/mol. The molecule has 0 aromatic heterocycles. The maximum absolute atomic E-state index is 12.3. The molecule has 0 fully saturated rings. The number of ether oxygens (including phenoxy) is 1. The number of hydrogen-bond acceptors (Lipinski definition) is 3. The van der Waals surface area contributed by atoms with Crippen LogP contribution in [-0.2, 0) is 4.74 Å². The van der Waals surface area contributed by atoms with E-state index in [2.05, 4.69) is 11.8 Å². The lowest BCUT2D eigenvalue weighted by atomic mass is 10.0. The summed E-state index contributed by atoms with van der Waals surface area (Å²) < 4.78 is 4.99. The average molecular weight is 274 g/mol. The van der Waals surface area contributed by atoms with Crippen LogP contribution in [0.4, 0.5) is 0 Å². The third-order valence-corrected chi connectivity index (χ3v) is 3.00. The predicted molar refractivity (Wildman–Crippen MR) is 80.6 cm³/mol. The number of nitrogens with zero attached hydrogens (tertiary/aromatic N) is 1. The van der Waals surface area contributed by atoms with Gasteiger partial charge in [0.1, 0.15) is 0 Å². The fourth-order valence-corrected chi connectivity index (χ4v) is 1.80. The molecule has 0 saturated carbocycles. The maximum atomic E-state index is 12.3. The molecule has 0 aliphatic rings. The van der Waals surface area contributed by atoms with E-state index in [1.807, 2.05) is 25.1 Å². The molecule has 1 aromatic rings. The first-order valence-electron chi connectivity index (χ1n) is 6.64. The Morgan fingerprint density at radius 3 is 2.85 bits per heavy atom. The summed E-state index contributed by atoms with van der Waals surface area (Å²) in [6.07, 6.45) is 0.824. The lowest BCUT2D eigenvalue weighted by Crippen LogP contribution is -2.28. The van der Waals surface area contributed by atoms with Crippen molar-refractivity contribution in [2.24, 2.45) is 5.73 Å². The van der Waals surface area contributed by atoms with Gasteiger partial charge in [0, 0.05) is 38.4 Å². The van der Waals surface area contributed by atoms with Crippen LogP contribution in [0.5, 0.6) is 0 Å². The van der Waals surface area contributed by atoms with Crippen molar-refractivity contribution in [1.29, 1.82) is 0 Å². The minimum atomic E-state index is -0.00287. The standard InChI is InChI=1S/C16H22N2O2/c1-13-7-8-15(12-14(13)6-4-9-17)16(19)18(2)10-5-11-20-3/h7-8,12H,5,9-11,17H2,1-3H3. The molecule has 4 heteroatoms. The minimum absolute atomic E-state index is 0.00287. The van der Waals surface area contributed by atoms with Crippen molar-refractivity contribution >= 4 is 5.91 Å². The summed E-state index contributed by atoms with van der Waals surface area (Å²) in [7, 11) is 3.45. The Bertz CT molecular complexity index is 515. The van der Waals surface area contributed by atoms with E-state index >= 15 is 0 Å². The van der Waals surface area contributed by atoms with E-state index in [-0.39, 0.29) is 5.91 Å². The first kappa shape index (κ1) is 16.2. The van der Waals surface area contributed by atoms with Crippen LogP contribution in [-0.4, -0.2) is 44.7 Å². The number of aryl methyl sites for hydroxylation is 1. The van der Waals surface area contributed by atoms with Crippen molar-refractivity contribution in [2.75, 3.05) is 33.9 Å². The molecular formula is C16H22N2O2. The van der Waals surface area contributed by atoms with E-state index in [1.54, 1.807) is 19.1 Å². The zero-order valence-corrected chi connectivity index (χ0v) is 12.4.